The maximum absolute atomic E-state index is 14.3. The Labute approximate surface area is 182 Å². The molecule has 0 unspecified atom stereocenters. The number of carbonyl (C=O) groups excluding carboxylic acids is 1. The lowest BCUT2D eigenvalue weighted by Gasteiger charge is -2.11. The lowest BCUT2D eigenvalue weighted by Crippen LogP contribution is -2.29. The summed E-state index contributed by atoms with van der Waals surface area (Å²) in [5.74, 6) is -1.41. The predicted molar refractivity (Wildman–Crippen MR) is 118 cm³/mol. The Hall–Kier alpha value is -4.27. The van der Waals surface area contributed by atoms with Crippen LogP contribution in [0.5, 0.6) is 0 Å². The maximum Gasteiger partial charge on any atom is 0.295 e. The zero-order chi connectivity index (χ0) is 23.0. The van der Waals surface area contributed by atoms with Crippen LogP contribution in [0.3, 0.4) is 0 Å². The van der Waals surface area contributed by atoms with Crippen LogP contribution < -0.4 is 16.3 Å². The molecule has 2 heterocycles. The van der Waals surface area contributed by atoms with Crippen molar-refractivity contribution in [3.63, 3.8) is 0 Å². The second-order valence-corrected chi connectivity index (χ2v) is 7.25. The molecule has 4 aromatic rings. The lowest BCUT2D eigenvalue weighted by atomic mass is 10.2. The summed E-state index contributed by atoms with van der Waals surface area (Å²) in [5.41, 5.74) is 0.0667. The van der Waals surface area contributed by atoms with Crippen LogP contribution in [0.2, 0.25) is 0 Å². The van der Waals surface area contributed by atoms with Crippen LogP contribution in [0, 0.1) is 19.7 Å². The molecule has 0 saturated heterocycles. The van der Waals surface area contributed by atoms with Gasteiger partial charge in [-0.2, -0.15) is 5.10 Å². The van der Waals surface area contributed by atoms with E-state index in [0.29, 0.717) is 17.1 Å². The van der Waals surface area contributed by atoms with E-state index in [1.165, 1.54) is 33.6 Å². The van der Waals surface area contributed by atoms with Crippen LogP contribution in [-0.4, -0.2) is 25.1 Å². The monoisotopic (exact) mass is 433 g/mol. The number of hydrogen-bond donors (Lipinski definition) is 1. The van der Waals surface area contributed by atoms with Crippen LogP contribution in [-0.2, 0) is 7.05 Å². The number of halogens is 1. The topological polar surface area (TPSA) is 90.9 Å². The van der Waals surface area contributed by atoms with Gasteiger partial charge in [0, 0.05) is 18.8 Å². The number of aromatic nitrogens is 4. The zero-order valence-corrected chi connectivity index (χ0v) is 17.7. The fourth-order valence-corrected chi connectivity index (χ4v) is 3.46. The van der Waals surface area contributed by atoms with Gasteiger partial charge in [-0.15, -0.1) is 0 Å². The first-order chi connectivity index (χ1) is 15.3. The van der Waals surface area contributed by atoms with E-state index >= 15 is 0 Å². The highest BCUT2D eigenvalue weighted by molar-refractivity contribution is 6.03. The molecule has 0 bridgehead atoms. The molecule has 4 rings (SSSR count). The van der Waals surface area contributed by atoms with Crippen LogP contribution in [0.4, 0.5) is 10.1 Å². The van der Waals surface area contributed by atoms with E-state index in [4.69, 9.17) is 0 Å². The summed E-state index contributed by atoms with van der Waals surface area (Å²) in [4.78, 5) is 38.4. The summed E-state index contributed by atoms with van der Waals surface area (Å²) >= 11 is 0. The second kappa shape index (κ2) is 8.10. The first kappa shape index (κ1) is 21.0. The Morgan fingerprint density at radius 2 is 1.66 bits per heavy atom. The molecule has 0 aliphatic carbocycles. The Kier molecular flexibility index (Phi) is 5.31. The summed E-state index contributed by atoms with van der Waals surface area (Å²) in [7, 11) is 1.69. The van der Waals surface area contributed by atoms with Crippen molar-refractivity contribution in [2.45, 2.75) is 13.8 Å². The number of para-hydroxylation sites is 2. The number of rotatable bonds is 4. The minimum atomic E-state index is -0.855. The summed E-state index contributed by atoms with van der Waals surface area (Å²) in [5, 5.41) is 6.60. The Morgan fingerprint density at radius 1 is 1.00 bits per heavy atom. The molecule has 0 atom stereocenters. The van der Waals surface area contributed by atoms with Crippen molar-refractivity contribution < 1.29 is 9.18 Å². The van der Waals surface area contributed by atoms with Crippen molar-refractivity contribution in [2.24, 2.45) is 7.05 Å². The molecular formula is C23H20FN5O3. The smallest absolute Gasteiger partial charge is 0.295 e. The molecule has 8 nitrogen and oxygen atoms in total. The summed E-state index contributed by atoms with van der Waals surface area (Å²) in [6.07, 6.45) is 0. The van der Waals surface area contributed by atoms with Gasteiger partial charge in [0.15, 0.2) is 5.69 Å². The van der Waals surface area contributed by atoms with Gasteiger partial charge < -0.3 is 5.32 Å². The number of aryl methyl sites for hydroxylation is 1. The Balaban J connectivity index is 1.76. The van der Waals surface area contributed by atoms with Gasteiger partial charge >= 0.3 is 0 Å². The zero-order valence-electron chi connectivity index (χ0n) is 17.7. The minimum absolute atomic E-state index is 0.0283. The van der Waals surface area contributed by atoms with Crippen LogP contribution >= 0.6 is 0 Å². The fourth-order valence-electron chi connectivity index (χ4n) is 3.46. The highest BCUT2D eigenvalue weighted by atomic mass is 19.1. The van der Waals surface area contributed by atoms with Gasteiger partial charge in [-0.25, -0.2) is 13.8 Å². The standard InChI is InChI=1S/C23H20FN5O3/c1-14-13-19(30)21(26-28(14)18-12-8-7-11-17(18)24)22(31)25-20-15(2)27(3)29(23(20)32)16-9-5-4-6-10-16/h4-13H,1-3H3,(H,25,31). The summed E-state index contributed by atoms with van der Waals surface area (Å²) in [6, 6.07) is 16.0. The highest BCUT2D eigenvalue weighted by Gasteiger charge is 2.22. The molecule has 9 heteroatoms. The van der Waals surface area contributed by atoms with Crippen LogP contribution in [0.1, 0.15) is 21.9 Å². The van der Waals surface area contributed by atoms with Crippen LogP contribution in [0.15, 0.2) is 70.3 Å². The number of nitrogens with zero attached hydrogens (tertiary/aromatic N) is 4. The number of anilines is 1. The predicted octanol–water partition coefficient (Wildman–Crippen LogP) is 2.73. The fraction of sp³-hybridized carbons (Fsp3) is 0.130. The third-order valence-corrected chi connectivity index (χ3v) is 5.20. The van der Waals surface area contributed by atoms with Gasteiger partial charge in [0.05, 0.1) is 11.4 Å². The molecule has 162 valence electrons. The van der Waals surface area contributed by atoms with E-state index in [2.05, 4.69) is 10.4 Å². The number of hydrogen-bond acceptors (Lipinski definition) is 4. The number of amides is 1. The average Bonchev–Trinajstić information content (AvgIpc) is 2.98. The largest absolute Gasteiger partial charge is 0.314 e. The summed E-state index contributed by atoms with van der Waals surface area (Å²) < 4.78 is 18.5. The Morgan fingerprint density at radius 3 is 2.34 bits per heavy atom. The van der Waals surface area contributed by atoms with Gasteiger partial charge in [-0.05, 0) is 38.1 Å². The normalized spacial score (nSPS) is 10.9. The first-order valence-corrected chi connectivity index (χ1v) is 9.81. The van der Waals surface area contributed by atoms with E-state index in [1.807, 2.05) is 6.07 Å². The first-order valence-electron chi connectivity index (χ1n) is 9.81. The molecule has 0 fully saturated rings. The maximum atomic E-state index is 14.3. The molecule has 2 aromatic heterocycles. The SMILES string of the molecule is Cc1cc(=O)c(C(=O)Nc2c(C)n(C)n(-c3ccccc3)c2=O)nn1-c1ccccc1F. The minimum Gasteiger partial charge on any atom is -0.314 e. The molecule has 32 heavy (non-hydrogen) atoms. The number of carbonyl (C=O) groups is 1. The van der Waals surface area contributed by atoms with E-state index in [-0.39, 0.29) is 11.4 Å². The summed E-state index contributed by atoms with van der Waals surface area (Å²) in [6.45, 7) is 3.26. The van der Waals surface area contributed by atoms with Gasteiger partial charge in [0.25, 0.3) is 11.5 Å². The van der Waals surface area contributed by atoms with Gasteiger partial charge in [-0.1, -0.05) is 30.3 Å². The number of benzene rings is 2. The molecule has 2 aromatic carbocycles. The molecule has 0 aliphatic heterocycles. The lowest BCUT2D eigenvalue weighted by molar-refractivity contribution is 0.101. The second-order valence-electron chi connectivity index (χ2n) is 7.25. The number of nitrogens with one attached hydrogen (secondary N) is 1. The van der Waals surface area contributed by atoms with Crippen molar-refractivity contribution in [1.82, 2.24) is 19.1 Å². The van der Waals surface area contributed by atoms with E-state index < -0.39 is 28.4 Å². The molecular weight excluding hydrogens is 413 g/mol. The molecule has 0 saturated carbocycles. The average molecular weight is 433 g/mol. The molecule has 0 aliphatic rings. The molecule has 0 spiro atoms. The van der Waals surface area contributed by atoms with Crippen molar-refractivity contribution in [3.05, 3.63) is 104 Å². The molecule has 0 radical (unpaired) electrons. The van der Waals surface area contributed by atoms with Crippen LogP contribution in [0.25, 0.3) is 11.4 Å². The van der Waals surface area contributed by atoms with Crippen molar-refractivity contribution in [2.75, 3.05) is 5.32 Å². The van der Waals surface area contributed by atoms with Crippen molar-refractivity contribution in [1.29, 1.82) is 0 Å². The van der Waals surface area contributed by atoms with Gasteiger partial charge in [0.1, 0.15) is 17.2 Å². The van der Waals surface area contributed by atoms with Crippen molar-refractivity contribution in [3.8, 4) is 11.4 Å². The Bertz CT molecular complexity index is 1450. The third-order valence-electron chi connectivity index (χ3n) is 5.20. The van der Waals surface area contributed by atoms with E-state index in [9.17, 15) is 18.8 Å². The van der Waals surface area contributed by atoms with E-state index in [1.54, 1.807) is 55.9 Å². The van der Waals surface area contributed by atoms with Gasteiger partial charge in [-0.3, -0.25) is 19.1 Å². The van der Waals surface area contributed by atoms with Crippen molar-refractivity contribution >= 4 is 11.6 Å². The third kappa shape index (κ3) is 3.53. The quantitative estimate of drug-likeness (QED) is 0.536. The molecule has 1 amide bonds. The van der Waals surface area contributed by atoms with E-state index in [0.717, 1.165) is 0 Å². The molecule has 1 N–H and O–H groups in total. The highest BCUT2D eigenvalue weighted by Crippen LogP contribution is 2.16. The van der Waals surface area contributed by atoms with Gasteiger partial charge in [0.2, 0.25) is 5.43 Å².